The molecule has 0 heterocycles. The zero-order chi connectivity index (χ0) is 16.8. The molecule has 0 aromatic heterocycles. The van der Waals surface area contributed by atoms with Crippen LogP contribution in [0.15, 0.2) is 42.5 Å². The van der Waals surface area contributed by atoms with E-state index in [1.54, 1.807) is 24.3 Å². The minimum Gasteiger partial charge on any atom is -0.493 e. The molecule has 2 aromatic rings. The van der Waals surface area contributed by atoms with Crippen LogP contribution in [0, 0.1) is 15.9 Å². The standard InChI is InChI=1S/C15H12FNO6/c1-21-12-4-2-3-5-13(12)22-9-15(18)23-14-8-10(16)6-7-11(14)17(19)20/h2-8H,9H2,1H3. The Hall–Kier alpha value is -3.16. The highest BCUT2D eigenvalue weighted by molar-refractivity contribution is 5.75. The second-order valence-electron chi connectivity index (χ2n) is 4.28. The van der Waals surface area contributed by atoms with Gasteiger partial charge in [-0.25, -0.2) is 9.18 Å². The fraction of sp³-hybridized carbons (Fsp3) is 0.133. The van der Waals surface area contributed by atoms with Gasteiger partial charge in [-0.15, -0.1) is 0 Å². The fourth-order valence-electron chi connectivity index (χ4n) is 1.75. The van der Waals surface area contributed by atoms with Crippen LogP contribution in [0.3, 0.4) is 0 Å². The lowest BCUT2D eigenvalue weighted by atomic mass is 10.3. The number of hydrogen-bond acceptors (Lipinski definition) is 6. The van der Waals surface area contributed by atoms with Gasteiger partial charge in [0.15, 0.2) is 18.1 Å². The summed E-state index contributed by atoms with van der Waals surface area (Å²) in [5.74, 6) is -1.44. The van der Waals surface area contributed by atoms with Crippen LogP contribution in [-0.4, -0.2) is 24.6 Å². The minimum atomic E-state index is -0.912. The Labute approximate surface area is 130 Å². The van der Waals surface area contributed by atoms with Crippen LogP contribution in [0.4, 0.5) is 10.1 Å². The summed E-state index contributed by atoms with van der Waals surface area (Å²) >= 11 is 0. The molecule has 0 aliphatic heterocycles. The SMILES string of the molecule is COc1ccccc1OCC(=O)Oc1cc(F)ccc1[N+](=O)[O-]. The van der Waals surface area contributed by atoms with Crippen molar-refractivity contribution in [2.45, 2.75) is 0 Å². The van der Waals surface area contributed by atoms with Gasteiger partial charge in [0.2, 0.25) is 5.75 Å². The Morgan fingerprint density at radius 2 is 1.87 bits per heavy atom. The Balaban J connectivity index is 2.05. The zero-order valence-electron chi connectivity index (χ0n) is 12.0. The smallest absolute Gasteiger partial charge is 0.349 e. The van der Waals surface area contributed by atoms with E-state index in [4.69, 9.17) is 14.2 Å². The van der Waals surface area contributed by atoms with Gasteiger partial charge in [-0.1, -0.05) is 12.1 Å². The highest BCUT2D eigenvalue weighted by atomic mass is 19.1. The van der Waals surface area contributed by atoms with Gasteiger partial charge >= 0.3 is 11.7 Å². The van der Waals surface area contributed by atoms with Gasteiger partial charge in [-0.3, -0.25) is 10.1 Å². The van der Waals surface area contributed by atoms with Crippen LogP contribution in [-0.2, 0) is 4.79 Å². The summed E-state index contributed by atoms with van der Waals surface area (Å²) in [5.41, 5.74) is -0.517. The summed E-state index contributed by atoms with van der Waals surface area (Å²) in [4.78, 5) is 21.8. The van der Waals surface area contributed by atoms with E-state index in [-0.39, 0.29) is 0 Å². The molecular formula is C15H12FNO6. The van der Waals surface area contributed by atoms with E-state index in [0.29, 0.717) is 11.5 Å². The molecule has 0 bridgehead atoms. The number of nitro benzene ring substituents is 1. The summed E-state index contributed by atoms with van der Waals surface area (Å²) in [6, 6.07) is 9.20. The maximum Gasteiger partial charge on any atom is 0.349 e. The summed E-state index contributed by atoms with van der Waals surface area (Å²) in [7, 11) is 1.44. The number of para-hydroxylation sites is 2. The lowest BCUT2D eigenvalue weighted by Crippen LogP contribution is -2.18. The maximum atomic E-state index is 13.1. The van der Waals surface area contributed by atoms with Crippen molar-refractivity contribution in [2.24, 2.45) is 0 Å². The van der Waals surface area contributed by atoms with Crippen molar-refractivity contribution < 1.29 is 28.3 Å². The first-order valence-electron chi connectivity index (χ1n) is 6.41. The van der Waals surface area contributed by atoms with Crippen LogP contribution in [0.1, 0.15) is 0 Å². The van der Waals surface area contributed by atoms with Crippen molar-refractivity contribution in [3.05, 3.63) is 58.4 Å². The average Bonchev–Trinajstić information content (AvgIpc) is 2.53. The molecule has 0 N–H and O–H groups in total. The van der Waals surface area contributed by atoms with Gasteiger partial charge in [-0.2, -0.15) is 0 Å². The molecular weight excluding hydrogens is 309 g/mol. The topological polar surface area (TPSA) is 87.9 Å². The van der Waals surface area contributed by atoms with Crippen LogP contribution >= 0.6 is 0 Å². The van der Waals surface area contributed by atoms with Crippen LogP contribution in [0.25, 0.3) is 0 Å². The molecule has 0 spiro atoms. The Kier molecular flexibility index (Phi) is 5.08. The number of methoxy groups -OCH3 is 1. The fourth-order valence-corrected chi connectivity index (χ4v) is 1.75. The largest absolute Gasteiger partial charge is 0.493 e. The van der Waals surface area contributed by atoms with Crippen LogP contribution in [0.5, 0.6) is 17.2 Å². The number of nitro groups is 1. The Morgan fingerprint density at radius 1 is 1.17 bits per heavy atom. The number of esters is 1. The van der Waals surface area contributed by atoms with Gasteiger partial charge in [-0.05, 0) is 18.2 Å². The first-order valence-corrected chi connectivity index (χ1v) is 6.41. The maximum absolute atomic E-state index is 13.1. The number of carbonyl (C=O) groups excluding carboxylic acids is 1. The molecule has 2 rings (SSSR count). The number of rotatable bonds is 6. The molecule has 0 fully saturated rings. The number of hydrogen-bond donors (Lipinski definition) is 0. The molecule has 0 aliphatic rings. The van der Waals surface area contributed by atoms with Crippen LogP contribution in [0.2, 0.25) is 0 Å². The molecule has 8 heteroatoms. The van der Waals surface area contributed by atoms with Gasteiger partial charge in [0.1, 0.15) is 5.82 Å². The molecule has 23 heavy (non-hydrogen) atoms. The van der Waals surface area contributed by atoms with E-state index >= 15 is 0 Å². The number of ether oxygens (including phenoxy) is 3. The molecule has 0 radical (unpaired) electrons. The number of nitrogens with zero attached hydrogens (tertiary/aromatic N) is 1. The van der Waals surface area contributed by atoms with E-state index in [0.717, 1.165) is 18.2 Å². The molecule has 0 aliphatic carbocycles. The number of halogens is 1. The molecule has 7 nitrogen and oxygen atoms in total. The molecule has 0 unspecified atom stereocenters. The van der Waals surface area contributed by atoms with E-state index < -0.39 is 34.8 Å². The van der Waals surface area contributed by atoms with E-state index in [9.17, 15) is 19.3 Å². The van der Waals surface area contributed by atoms with E-state index in [2.05, 4.69) is 0 Å². The normalized spacial score (nSPS) is 10.0. The van der Waals surface area contributed by atoms with E-state index in [1.807, 2.05) is 0 Å². The Morgan fingerprint density at radius 3 is 2.52 bits per heavy atom. The predicted molar refractivity (Wildman–Crippen MR) is 77.2 cm³/mol. The van der Waals surface area contributed by atoms with Gasteiger partial charge in [0, 0.05) is 12.1 Å². The van der Waals surface area contributed by atoms with Crippen molar-refractivity contribution in [2.75, 3.05) is 13.7 Å². The summed E-state index contributed by atoms with van der Waals surface area (Å²) in [5, 5.41) is 10.8. The molecule has 0 atom stereocenters. The van der Waals surface area contributed by atoms with Crippen molar-refractivity contribution in [3.8, 4) is 17.2 Å². The van der Waals surface area contributed by atoms with Crippen molar-refractivity contribution in [3.63, 3.8) is 0 Å². The lowest BCUT2D eigenvalue weighted by Gasteiger charge is -2.10. The van der Waals surface area contributed by atoms with Gasteiger partial charge in [0.25, 0.3) is 0 Å². The minimum absolute atomic E-state index is 0.306. The monoisotopic (exact) mass is 321 g/mol. The van der Waals surface area contributed by atoms with E-state index in [1.165, 1.54) is 7.11 Å². The van der Waals surface area contributed by atoms with Crippen LogP contribution < -0.4 is 14.2 Å². The summed E-state index contributed by atoms with van der Waals surface area (Å²) in [6.45, 7) is -0.520. The third-order valence-electron chi connectivity index (χ3n) is 2.76. The van der Waals surface area contributed by atoms with Crippen molar-refractivity contribution in [1.82, 2.24) is 0 Å². The Bertz CT molecular complexity index is 734. The van der Waals surface area contributed by atoms with Crippen molar-refractivity contribution in [1.29, 1.82) is 0 Å². The molecule has 2 aromatic carbocycles. The zero-order valence-corrected chi connectivity index (χ0v) is 12.0. The lowest BCUT2D eigenvalue weighted by molar-refractivity contribution is -0.385. The molecule has 120 valence electrons. The average molecular weight is 321 g/mol. The summed E-state index contributed by atoms with van der Waals surface area (Å²) < 4.78 is 28.2. The molecule has 0 saturated heterocycles. The van der Waals surface area contributed by atoms with Gasteiger partial charge in [0.05, 0.1) is 12.0 Å². The first-order chi connectivity index (χ1) is 11.0. The van der Waals surface area contributed by atoms with Gasteiger partial charge < -0.3 is 14.2 Å². The molecule has 0 saturated carbocycles. The third-order valence-corrected chi connectivity index (χ3v) is 2.76. The van der Waals surface area contributed by atoms with Crippen molar-refractivity contribution >= 4 is 11.7 Å². The predicted octanol–water partition coefficient (Wildman–Crippen LogP) is 2.73. The first kappa shape index (κ1) is 16.2. The third kappa shape index (κ3) is 4.16. The second kappa shape index (κ2) is 7.21. The second-order valence-corrected chi connectivity index (χ2v) is 4.28. The summed E-state index contributed by atoms with van der Waals surface area (Å²) in [6.07, 6.45) is 0. The molecule has 0 amide bonds. The highest BCUT2D eigenvalue weighted by Crippen LogP contribution is 2.28. The number of carbonyl (C=O) groups is 1. The highest BCUT2D eigenvalue weighted by Gasteiger charge is 2.19. The number of benzene rings is 2. The quantitative estimate of drug-likeness (QED) is 0.352.